The number of likely N-dealkylation sites (N-methyl/N-ethyl adjacent to an activating group) is 1. The highest BCUT2D eigenvalue weighted by molar-refractivity contribution is 6.00. The fraction of sp³-hybridized carbons (Fsp3) is 0.833. The summed E-state index contributed by atoms with van der Waals surface area (Å²) in [5.41, 5.74) is -0.208. The van der Waals surface area contributed by atoms with E-state index < -0.39 is 0 Å². The maximum absolute atomic E-state index is 11.8. The number of aliphatic hydroxyl groups is 1. The van der Waals surface area contributed by atoms with Gasteiger partial charge in [0.15, 0.2) is 0 Å². The Bertz CT molecular complexity index is 300. The number of aliphatic hydroxyl groups excluding tert-OH is 1. The van der Waals surface area contributed by atoms with E-state index in [0.29, 0.717) is 19.4 Å². The van der Waals surface area contributed by atoms with Crippen LogP contribution in [0.15, 0.2) is 0 Å². The Hall–Kier alpha value is -0.940. The molecule has 1 fully saturated rings. The predicted molar refractivity (Wildman–Crippen MR) is 64.3 cm³/mol. The highest BCUT2D eigenvalue weighted by Crippen LogP contribution is 2.20. The number of hydrogen-bond donors (Lipinski definition) is 2. The third-order valence-electron chi connectivity index (χ3n) is 3.66. The van der Waals surface area contributed by atoms with E-state index in [2.05, 4.69) is 5.32 Å². The average molecular weight is 242 g/mol. The van der Waals surface area contributed by atoms with E-state index in [1.165, 1.54) is 11.9 Å². The summed E-state index contributed by atoms with van der Waals surface area (Å²) >= 11 is 0. The molecule has 98 valence electrons. The molecule has 0 saturated carbocycles. The molecule has 2 unspecified atom stereocenters. The van der Waals surface area contributed by atoms with Crippen molar-refractivity contribution in [2.45, 2.75) is 39.2 Å². The summed E-state index contributed by atoms with van der Waals surface area (Å²) in [6.45, 7) is 4.66. The van der Waals surface area contributed by atoms with Gasteiger partial charge in [0.1, 0.15) is 0 Å². The molecule has 0 aromatic heterocycles. The molecule has 2 N–H and O–H groups in total. The Kier molecular flexibility index (Phi) is 4.65. The number of hydrogen-bond acceptors (Lipinski definition) is 4. The standard InChI is InChI=1S/C12H22N2O3/c1-4-12(2,8-15)7-13-9-5-6-10(16)14(3)11(9)17/h9,13,15H,4-8H2,1-3H3. The van der Waals surface area contributed by atoms with Gasteiger partial charge in [-0.1, -0.05) is 13.8 Å². The quantitative estimate of drug-likeness (QED) is 0.672. The molecular formula is C12H22N2O3. The van der Waals surface area contributed by atoms with Gasteiger partial charge in [-0.3, -0.25) is 14.5 Å². The minimum atomic E-state index is -0.296. The largest absolute Gasteiger partial charge is 0.396 e. The number of likely N-dealkylation sites (tertiary alicyclic amines) is 1. The van der Waals surface area contributed by atoms with E-state index in [9.17, 15) is 14.7 Å². The molecule has 0 bridgehead atoms. The zero-order valence-corrected chi connectivity index (χ0v) is 10.8. The molecule has 1 saturated heterocycles. The zero-order chi connectivity index (χ0) is 13.1. The van der Waals surface area contributed by atoms with Crippen molar-refractivity contribution in [2.24, 2.45) is 5.41 Å². The van der Waals surface area contributed by atoms with Crippen LogP contribution in [0.2, 0.25) is 0 Å². The van der Waals surface area contributed by atoms with Crippen LogP contribution in [-0.4, -0.2) is 48.1 Å². The van der Waals surface area contributed by atoms with Gasteiger partial charge >= 0.3 is 0 Å². The van der Waals surface area contributed by atoms with E-state index in [-0.39, 0.29) is 29.9 Å². The second-order valence-corrected chi connectivity index (χ2v) is 5.09. The predicted octanol–water partition coefficient (Wildman–Crippen LogP) is 0.132. The molecule has 0 spiro atoms. The van der Waals surface area contributed by atoms with Crippen molar-refractivity contribution in [1.29, 1.82) is 0 Å². The SMILES string of the molecule is CCC(C)(CO)CNC1CCC(=O)N(C)C1=O. The molecule has 0 aromatic rings. The number of imide groups is 1. The van der Waals surface area contributed by atoms with Crippen LogP contribution in [0.4, 0.5) is 0 Å². The highest BCUT2D eigenvalue weighted by atomic mass is 16.3. The fourth-order valence-corrected chi connectivity index (χ4v) is 1.77. The summed E-state index contributed by atoms with van der Waals surface area (Å²) in [4.78, 5) is 24.3. The lowest BCUT2D eigenvalue weighted by atomic mass is 9.88. The monoisotopic (exact) mass is 242 g/mol. The summed E-state index contributed by atoms with van der Waals surface area (Å²) in [5, 5.41) is 12.4. The van der Waals surface area contributed by atoms with Gasteiger partial charge in [-0.15, -0.1) is 0 Å². The van der Waals surface area contributed by atoms with Gasteiger partial charge in [0.05, 0.1) is 6.04 Å². The number of carbonyl (C=O) groups excluding carboxylic acids is 2. The number of rotatable bonds is 5. The van der Waals surface area contributed by atoms with Crippen LogP contribution in [0.3, 0.4) is 0 Å². The molecule has 1 aliphatic rings. The molecule has 0 aromatic carbocycles. The van der Waals surface area contributed by atoms with Gasteiger partial charge < -0.3 is 10.4 Å². The van der Waals surface area contributed by atoms with Crippen LogP contribution in [0.1, 0.15) is 33.1 Å². The molecule has 5 nitrogen and oxygen atoms in total. The molecule has 2 amide bonds. The third-order valence-corrected chi connectivity index (χ3v) is 3.66. The summed E-state index contributed by atoms with van der Waals surface area (Å²) in [6.07, 6.45) is 1.79. The Morgan fingerprint density at radius 1 is 1.53 bits per heavy atom. The van der Waals surface area contributed by atoms with E-state index in [0.717, 1.165) is 6.42 Å². The normalized spacial score (nSPS) is 24.9. The molecule has 1 aliphatic heterocycles. The molecule has 1 rings (SSSR count). The lowest BCUT2D eigenvalue weighted by Crippen LogP contribution is -2.53. The first kappa shape index (κ1) is 14.1. The smallest absolute Gasteiger partial charge is 0.246 e. The summed E-state index contributed by atoms with van der Waals surface area (Å²) in [7, 11) is 1.52. The van der Waals surface area contributed by atoms with Crippen molar-refractivity contribution in [3.8, 4) is 0 Å². The highest BCUT2D eigenvalue weighted by Gasteiger charge is 2.33. The molecule has 5 heteroatoms. The molecular weight excluding hydrogens is 220 g/mol. The number of amides is 2. The molecule has 17 heavy (non-hydrogen) atoms. The van der Waals surface area contributed by atoms with Crippen LogP contribution in [-0.2, 0) is 9.59 Å². The average Bonchev–Trinajstić information content (AvgIpc) is 2.35. The minimum absolute atomic E-state index is 0.0895. The van der Waals surface area contributed by atoms with Crippen molar-refractivity contribution in [3.05, 3.63) is 0 Å². The molecule has 0 radical (unpaired) electrons. The molecule has 0 aliphatic carbocycles. The third kappa shape index (κ3) is 3.26. The lowest BCUT2D eigenvalue weighted by molar-refractivity contribution is -0.148. The van der Waals surface area contributed by atoms with Crippen LogP contribution >= 0.6 is 0 Å². The topological polar surface area (TPSA) is 69.6 Å². The number of piperidine rings is 1. The van der Waals surface area contributed by atoms with Crippen LogP contribution in [0.5, 0.6) is 0 Å². The van der Waals surface area contributed by atoms with Crippen molar-refractivity contribution in [1.82, 2.24) is 10.2 Å². The van der Waals surface area contributed by atoms with Crippen LogP contribution in [0.25, 0.3) is 0 Å². The van der Waals surface area contributed by atoms with Gasteiger partial charge in [-0.05, 0) is 12.8 Å². The van der Waals surface area contributed by atoms with E-state index >= 15 is 0 Å². The van der Waals surface area contributed by atoms with Crippen LogP contribution in [0, 0.1) is 5.41 Å². The van der Waals surface area contributed by atoms with E-state index in [1.807, 2.05) is 13.8 Å². The maximum Gasteiger partial charge on any atom is 0.246 e. The van der Waals surface area contributed by atoms with Gasteiger partial charge in [-0.25, -0.2) is 0 Å². The number of carbonyl (C=O) groups is 2. The first-order valence-electron chi connectivity index (χ1n) is 6.08. The lowest BCUT2D eigenvalue weighted by Gasteiger charge is -2.32. The van der Waals surface area contributed by atoms with Crippen LogP contribution < -0.4 is 5.32 Å². The van der Waals surface area contributed by atoms with Crippen molar-refractivity contribution in [2.75, 3.05) is 20.2 Å². The first-order valence-corrected chi connectivity index (χ1v) is 6.08. The second-order valence-electron chi connectivity index (χ2n) is 5.09. The summed E-state index contributed by atoms with van der Waals surface area (Å²) in [6, 6.07) is -0.296. The van der Waals surface area contributed by atoms with E-state index in [4.69, 9.17) is 0 Å². The van der Waals surface area contributed by atoms with Crippen molar-refractivity contribution < 1.29 is 14.7 Å². The van der Waals surface area contributed by atoms with Gasteiger partial charge in [0, 0.05) is 32.0 Å². The Labute approximate surface area is 102 Å². The van der Waals surface area contributed by atoms with E-state index in [1.54, 1.807) is 0 Å². The Balaban J connectivity index is 2.53. The minimum Gasteiger partial charge on any atom is -0.396 e. The number of nitrogens with one attached hydrogen (secondary N) is 1. The van der Waals surface area contributed by atoms with Crippen molar-refractivity contribution in [3.63, 3.8) is 0 Å². The van der Waals surface area contributed by atoms with Gasteiger partial charge in [0.25, 0.3) is 0 Å². The molecule has 2 atom stereocenters. The fourth-order valence-electron chi connectivity index (χ4n) is 1.77. The Morgan fingerprint density at radius 3 is 2.71 bits per heavy atom. The number of nitrogens with zero attached hydrogens (tertiary/aromatic N) is 1. The summed E-state index contributed by atoms with van der Waals surface area (Å²) < 4.78 is 0. The second kappa shape index (κ2) is 5.60. The maximum atomic E-state index is 11.8. The first-order chi connectivity index (χ1) is 7.93. The van der Waals surface area contributed by atoms with Gasteiger partial charge in [0.2, 0.25) is 11.8 Å². The van der Waals surface area contributed by atoms with Gasteiger partial charge in [-0.2, -0.15) is 0 Å². The zero-order valence-electron chi connectivity index (χ0n) is 10.8. The van der Waals surface area contributed by atoms with Crippen molar-refractivity contribution >= 4 is 11.8 Å². The Morgan fingerprint density at radius 2 is 2.18 bits per heavy atom. The molecule has 1 heterocycles. The summed E-state index contributed by atoms with van der Waals surface area (Å²) in [5.74, 6) is -0.286.